The highest BCUT2D eigenvalue weighted by atomic mass is 16.2. The Morgan fingerprint density at radius 2 is 1.79 bits per heavy atom. The van der Waals surface area contributed by atoms with Crippen LogP contribution in [0.3, 0.4) is 0 Å². The maximum Gasteiger partial charge on any atom is 0.283 e. The highest BCUT2D eigenvalue weighted by Crippen LogP contribution is 2.19. The van der Waals surface area contributed by atoms with Gasteiger partial charge in [0.1, 0.15) is 0 Å². The molecule has 1 fully saturated rings. The van der Waals surface area contributed by atoms with Gasteiger partial charge in [-0.25, -0.2) is 0 Å². The molecule has 0 radical (unpaired) electrons. The van der Waals surface area contributed by atoms with Crippen molar-refractivity contribution in [2.24, 2.45) is 0 Å². The predicted octanol–water partition coefficient (Wildman–Crippen LogP) is 1.24. The molecule has 0 heterocycles. The maximum absolute atomic E-state index is 12.5. The molecule has 0 aromatic heterocycles. The number of amides is 1. The van der Waals surface area contributed by atoms with Crippen LogP contribution in [-0.4, -0.2) is 26.0 Å². The van der Waals surface area contributed by atoms with Gasteiger partial charge in [-0.2, -0.15) is 0 Å². The van der Waals surface area contributed by atoms with Crippen molar-refractivity contribution in [1.82, 2.24) is 5.32 Å². The van der Waals surface area contributed by atoms with E-state index in [0.29, 0.717) is 6.04 Å². The van der Waals surface area contributed by atoms with Crippen molar-refractivity contribution >= 4 is 5.91 Å². The van der Waals surface area contributed by atoms with E-state index in [-0.39, 0.29) is 11.9 Å². The number of likely N-dealkylation sites (N-methyl/N-ethyl adjacent to an activating group) is 1. The molecule has 1 aromatic carbocycles. The molecule has 1 saturated carbocycles. The van der Waals surface area contributed by atoms with Crippen molar-refractivity contribution in [3.8, 4) is 0 Å². The number of quaternary nitrogens is 1. The first kappa shape index (κ1) is 14.1. The van der Waals surface area contributed by atoms with E-state index in [4.69, 9.17) is 0 Å². The van der Waals surface area contributed by atoms with E-state index in [1.807, 2.05) is 14.1 Å². The summed E-state index contributed by atoms with van der Waals surface area (Å²) in [7, 11) is 4.08. The molecular weight excluding hydrogens is 236 g/mol. The van der Waals surface area contributed by atoms with Gasteiger partial charge in [0.05, 0.1) is 14.1 Å². The van der Waals surface area contributed by atoms with E-state index in [1.165, 1.54) is 18.4 Å². The second-order valence-corrected chi connectivity index (χ2v) is 5.91. The van der Waals surface area contributed by atoms with Crippen LogP contribution in [-0.2, 0) is 4.79 Å². The van der Waals surface area contributed by atoms with Crippen LogP contribution in [0.1, 0.15) is 42.9 Å². The van der Waals surface area contributed by atoms with Gasteiger partial charge < -0.3 is 10.2 Å². The lowest BCUT2D eigenvalue weighted by atomic mass is 10.0. The molecule has 1 unspecified atom stereocenters. The number of aryl methyl sites for hydroxylation is 1. The van der Waals surface area contributed by atoms with E-state index >= 15 is 0 Å². The standard InChI is InChI=1S/C16H24N2O/c1-12-8-10-13(11-9-12)15(18(2)3)16(19)17-14-6-4-5-7-14/h8-11,14-15H,4-7H2,1-3H3,(H,17,19)/p+1. The molecular formula is C16H25N2O+. The molecule has 0 aliphatic heterocycles. The van der Waals surface area contributed by atoms with Gasteiger partial charge in [-0.05, 0) is 19.8 Å². The summed E-state index contributed by atoms with van der Waals surface area (Å²) in [6, 6.07) is 8.58. The van der Waals surface area contributed by atoms with Crippen molar-refractivity contribution in [3.63, 3.8) is 0 Å². The molecule has 1 atom stereocenters. The van der Waals surface area contributed by atoms with Crippen LogP contribution in [0, 0.1) is 6.92 Å². The highest BCUT2D eigenvalue weighted by molar-refractivity contribution is 5.82. The quantitative estimate of drug-likeness (QED) is 0.840. The number of nitrogens with one attached hydrogen (secondary N) is 2. The van der Waals surface area contributed by atoms with E-state index in [0.717, 1.165) is 23.3 Å². The number of rotatable bonds is 4. The summed E-state index contributed by atoms with van der Waals surface area (Å²) in [5.41, 5.74) is 2.33. The maximum atomic E-state index is 12.5. The topological polar surface area (TPSA) is 33.5 Å². The second-order valence-electron chi connectivity index (χ2n) is 5.91. The van der Waals surface area contributed by atoms with E-state index in [1.54, 1.807) is 0 Å². The van der Waals surface area contributed by atoms with Gasteiger partial charge in [-0.3, -0.25) is 4.79 Å². The number of carbonyl (C=O) groups excluding carboxylic acids is 1. The third kappa shape index (κ3) is 3.57. The van der Waals surface area contributed by atoms with Crippen LogP contribution in [0.4, 0.5) is 0 Å². The summed E-state index contributed by atoms with van der Waals surface area (Å²) >= 11 is 0. The van der Waals surface area contributed by atoms with Crippen molar-refractivity contribution in [2.75, 3.05) is 14.1 Å². The van der Waals surface area contributed by atoms with E-state index < -0.39 is 0 Å². The zero-order chi connectivity index (χ0) is 13.8. The number of benzene rings is 1. The molecule has 0 bridgehead atoms. The first-order chi connectivity index (χ1) is 9.08. The Bertz CT molecular complexity index is 419. The summed E-state index contributed by atoms with van der Waals surface area (Å²) in [6.45, 7) is 2.07. The Morgan fingerprint density at radius 1 is 1.21 bits per heavy atom. The van der Waals surface area contributed by atoms with Crippen molar-refractivity contribution in [1.29, 1.82) is 0 Å². The Balaban J connectivity index is 2.10. The zero-order valence-electron chi connectivity index (χ0n) is 12.2. The lowest BCUT2D eigenvalue weighted by molar-refractivity contribution is -0.881. The number of hydrogen-bond donors (Lipinski definition) is 2. The molecule has 3 heteroatoms. The highest BCUT2D eigenvalue weighted by Gasteiger charge is 2.29. The van der Waals surface area contributed by atoms with Gasteiger partial charge in [0.15, 0.2) is 6.04 Å². The number of hydrogen-bond acceptors (Lipinski definition) is 1. The molecule has 1 aromatic rings. The molecule has 2 N–H and O–H groups in total. The Labute approximate surface area is 116 Å². The molecule has 1 aliphatic carbocycles. The predicted molar refractivity (Wildman–Crippen MR) is 77.1 cm³/mol. The average molecular weight is 261 g/mol. The Hall–Kier alpha value is -1.35. The fourth-order valence-corrected chi connectivity index (χ4v) is 2.86. The largest absolute Gasteiger partial charge is 0.348 e. The summed E-state index contributed by atoms with van der Waals surface area (Å²) in [5, 5.41) is 3.21. The molecule has 104 valence electrons. The van der Waals surface area contributed by atoms with Crippen LogP contribution in [0.5, 0.6) is 0 Å². The molecule has 3 nitrogen and oxygen atoms in total. The minimum atomic E-state index is -0.110. The second kappa shape index (κ2) is 6.20. The Morgan fingerprint density at radius 3 is 2.32 bits per heavy atom. The molecule has 19 heavy (non-hydrogen) atoms. The first-order valence-electron chi connectivity index (χ1n) is 7.25. The third-order valence-electron chi connectivity index (χ3n) is 3.95. The lowest BCUT2D eigenvalue weighted by Gasteiger charge is -2.23. The van der Waals surface area contributed by atoms with Gasteiger partial charge >= 0.3 is 0 Å². The van der Waals surface area contributed by atoms with Gasteiger partial charge in [0, 0.05) is 11.6 Å². The average Bonchev–Trinajstić information content (AvgIpc) is 2.84. The van der Waals surface area contributed by atoms with Crippen molar-refractivity contribution in [2.45, 2.75) is 44.7 Å². The third-order valence-corrected chi connectivity index (χ3v) is 3.95. The first-order valence-corrected chi connectivity index (χ1v) is 7.25. The van der Waals surface area contributed by atoms with Crippen LogP contribution in [0.15, 0.2) is 24.3 Å². The monoisotopic (exact) mass is 261 g/mol. The normalized spacial score (nSPS) is 17.7. The lowest BCUT2D eigenvalue weighted by Crippen LogP contribution is -3.07. The summed E-state index contributed by atoms with van der Waals surface area (Å²) in [6.07, 6.45) is 4.76. The van der Waals surface area contributed by atoms with Crippen molar-refractivity contribution in [3.05, 3.63) is 35.4 Å². The minimum Gasteiger partial charge on any atom is -0.348 e. The SMILES string of the molecule is Cc1ccc(C(C(=O)NC2CCCC2)[NH+](C)C)cc1. The molecule has 1 amide bonds. The fraction of sp³-hybridized carbons (Fsp3) is 0.562. The van der Waals surface area contributed by atoms with Gasteiger partial charge in [0.25, 0.3) is 5.91 Å². The summed E-state index contributed by atoms with van der Waals surface area (Å²) in [4.78, 5) is 13.6. The van der Waals surface area contributed by atoms with Gasteiger partial charge in [-0.15, -0.1) is 0 Å². The molecule has 0 saturated heterocycles. The summed E-state index contributed by atoms with van der Waals surface area (Å²) in [5.74, 6) is 0.163. The van der Waals surface area contributed by atoms with Crippen LogP contribution < -0.4 is 10.2 Å². The zero-order valence-corrected chi connectivity index (χ0v) is 12.2. The minimum absolute atomic E-state index is 0.110. The van der Waals surface area contributed by atoms with Crippen molar-refractivity contribution < 1.29 is 9.69 Å². The molecule has 0 spiro atoms. The smallest absolute Gasteiger partial charge is 0.283 e. The van der Waals surface area contributed by atoms with E-state index in [2.05, 4.69) is 36.5 Å². The number of carbonyl (C=O) groups is 1. The summed E-state index contributed by atoms with van der Waals surface area (Å²) < 4.78 is 0. The Kier molecular flexibility index (Phi) is 4.59. The fourth-order valence-electron chi connectivity index (χ4n) is 2.86. The molecule has 2 rings (SSSR count). The molecule has 1 aliphatic rings. The van der Waals surface area contributed by atoms with Gasteiger partial charge in [-0.1, -0.05) is 42.7 Å². The van der Waals surface area contributed by atoms with Crippen LogP contribution >= 0.6 is 0 Å². The van der Waals surface area contributed by atoms with Crippen LogP contribution in [0.25, 0.3) is 0 Å². The van der Waals surface area contributed by atoms with Crippen LogP contribution in [0.2, 0.25) is 0 Å². The van der Waals surface area contributed by atoms with Gasteiger partial charge in [0.2, 0.25) is 0 Å². The van der Waals surface area contributed by atoms with E-state index in [9.17, 15) is 4.79 Å².